The number of rotatable bonds is 6. The molecule has 1 N–H and O–H groups in total. The second-order valence-corrected chi connectivity index (χ2v) is 5.01. The summed E-state index contributed by atoms with van der Waals surface area (Å²) in [4.78, 5) is 0. The second-order valence-electron chi connectivity index (χ2n) is 5.01. The van der Waals surface area contributed by atoms with E-state index in [2.05, 4.69) is 37.4 Å². The first-order valence-corrected chi connectivity index (χ1v) is 6.64. The van der Waals surface area contributed by atoms with Gasteiger partial charge < -0.3 is 10.1 Å². The van der Waals surface area contributed by atoms with Crippen molar-refractivity contribution in [3.05, 3.63) is 29.3 Å². The molecule has 17 heavy (non-hydrogen) atoms. The zero-order valence-corrected chi connectivity index (χ0v) is 11.1. The van der Waals surface area contributed by atoms with Crippen LogP contribution in [0, 0.1) is 12.8 Å². The summed E-state index contributed by atoms with van der Waals surface area (Å²) in [5.41, 5.74) is 2.65. The zero-order valence-electron chi connectivity index (χ0n) is 11.1. The molecule has 1 saturated carbocycles. The van der Waals surface area contributed by atoms with Crippen LogP contribution in [-0.2, 0) is 0 Å². The summed E-state index contributed by atoms with van der Waals surface area (Å²) in [6.45, 7) is 5.44. The third-order valence-corrected chi connectivity index (χ3v) is 3.43. The molecule has 0 aliphatic heterocycles. The molecule has 0 spiro atoms. The van der Waals surface area contributed by atoms with Gasteiger partial charge in [0.25, 0.3) is 0 Å². The molecule has 0 saturated heterocycles. The van der Waals surface area contributed by atoms with Gasteiger partial charge in [0.2, 0.25) is 0 Å². The second kappa shape index (κ2) is 5.54. The lowest BCUT2D eigenvalue weighted by Gasteiger charge is -2.21. The van der Waals surface area contributed by atoms with E-state index < -0.39 is 0 Å². The molecule has 1 atom stereocenters. The lowest BCUT2D eigenvalue weighted by atomic mass is 9.99. The van der Waals surface area contributed by atoms with Crippen molar-refractivity contribution in [1.29, 1.82) is 0 Å². The number of hydrogen-bond donors (Lipinski definition) is 1. The summed E-state index contributed by atoms with van der Waals surface area (Å²) in [5, 5.41) is 3.67. The largest absolute Gasteiger partial charge is 0.496 e. The molecule has 0 heterocycles. The van der Waals surface area contributed by atoms with Gasteiger partial charge in [-0.2, -0.15) is 0 Å². The molecule has 94 valence electrons. The predicted octanol–water partition coefficient (Wildman–Crippen LogP) is 3.45. The highest BCUT2D eigenvalue weighted by molar-refractivity contribution is 5.40. The number of aryl methyl sites for hydroxylation is 1. The van der Waals surface area contributed by atoms with E-state index in [1.54, 1.807) is 7.11 Å². The monoisotopic (exact) mass is 233 g/mol. The highest BCUT2D eigenvalue weighted by atomic mass is 16.5. The van der Waals surface area contributed by atoms with E-state index in [4.69, 9.17) is 4.74 Å². The van der Waals surface area contributed by atoms with E-state index in [0.29, 0.717) is 6.04 Å². The Kier molecular flexibility index (Phi) is 4.06. The fourth-order valence-electron chi connectivity index (χ4n) is 2.36. The van der Waals surface area contributed by atoms with Crippen molar-refractivity contribution in [2.75, 3.05) is 13.7 Å². The van der Waals surface area contributed by atoms with E-state index in [9.17, 15) is 0 Å². The Balaban J connectivity index is 2.23. The Morgan fingerprint density at radius 3 is 2.76 bits per heavy atom. The van der Waals surface area contributed by atoms with E-state index in [1.807, 2.05) is 0 Å². The number of hydrogen-bond acceptors (Lipinski definition) is 2. The van der Waals surface area contributed by atoms with Crippen molar-refractivity contribution < 1.29 is 4.74 Å². The maximum absolute atomic E-state index is 5.50. The smallest absolute Gasteiger partial charge is 0.123 e. The van der Waals surface area contributed by atoms with Gasteiger partial charge in [-0.05, 0) is 44.7 Å². The minimum absolute atomic E-state index is 0.477. The van der Waals surface area contributed by atoms with Crippen molar-refractivity contribution in [2.24, 2.45) is 5.92 Å². The number of benzene rings is 1. The van der Waals surface area contributed by atoms with Crippen LogP contribution in [0.4, 0.5) is 0 Å². The van der Waals surface area contributed by atoms with Crippen molar-refractivity contribution in [2.45, 2.75) is 39.2 Å². The van der Waals surface area contributed by atoms with Crippen LogP contribution in [0.25, 0.3) is 0 Å². The molecule has 1 aliphatic rings. The minimum Gasteiger partial charge on any atom is -0.496 e. The van der Waals surface area contributed by atoms with Gasteiger partial charge in [0.1, 0.15) is 5.75 Å². The molecule has 2 nitrogen and oxygen atoms in total. The Morgan fingerprint density at radius 1 is 1.41 bits per heavy atom. The summed E-state index contributed by atoms with van der Waals surface area (Å²) in [5.74, 6) is 1.83. The Bertz CT molecular complexity index is 371. The van der Waals surface area contributed by atoms with Gasteiger partial charge in [-0.25, -0.2) is 0 Å². The van der Waals surface area contributed by atoms with Gasteiger partial charge >= 0.3 is 0 Å². The molecule has 1 aromatic rings. The molecule has 0 aromatic heterocycles. The van der Waals surface area contributed by atoms with Crippen LogP contribution in [-0.4, -0.2) is 13.7 Å². The van der Waals surface area contributed by atoms with Gasteiger partial charge in [0.05, 0.1) is 7.11 Å². The highest BCUT2D eigenvalue weighted by Gasteiger charge is 2.33. The van der Waals surface area contributed by atoms with Crippen LogP contribution in [0.3, 0.4) is 0 Å². The van der Waals surface area contributed by atoms with Crippen molar-refractivity contribution in [3.63, 3.8) is 0 Å². The van der Waals surface area contributed by atoms with Crippen LogP contribution in [0.5, 0.6) is 5.75 Å². The quantitative estimate of drug-likeness (QED) is 0.812. The molecular formula is C15H23NO. The first-order valence-electron chi connectivity index (χ1n) is 6.64. The maximum atomic E-state index is 5.50. The molecule has 1 unspecified atom stereocenters. The van der Waals surface area contributed by atoms with Crippen LogP contribution >= 0.6 is 0 Å². The zero-order chi connectivity index (χ0) is 12.3. The van der Waals surface area contributed by atoms with E-state index in [0.717, 1.165) is 18.2 Å². The van der Waals surface area contributed by atoms with Crippen LogP contribution in [0.1, 0.15) is 43.4 Å². The van der Waals surface area contributed by atoms with Gasteiger partial charge in [-0.1, -0.05) is 24.6 Å². The fourth-order valence-corrected chi connectivity index (χ4v) is 2.36. The lowest BCUT2D eigenvalue weighted by molar-refractivity contribution is 0.391. The summed E-state index contributed by atoms with van der Waals surface area (Å²) >= 11 is 0. The van der Waals surface area contributed by atoms with E-state index in [-0.39, 0.29) is 0 Å². The predicted molar refractivity (Wildman–Crippen MR) is 71.5 cm³/mol. The summed E-state index contributed by atoms with van der Waals surface area (Å²) in [6, 6.07) is 6.95. The van der Waals surface area contributed by atoms with Gasteiger partial charge in [-0.15, -0.1) is 0 Å². The molecule has 0 radical (unpaired) electrons. The number of ether oxygens (including phenoxy) is 1. The summed E-state index contributed by atoms with van der Waals surface area (Å²) in [7, 11) is 1.76. The molecule has 0 amide bonds. The van der Waals surface area contributed by atoms with Gasteiger partial charge in [0.15, 0.2) is 0 Å². The molecule has 2 heteroatoms. The van der Waals surface area contributed by atoms with Crippen LogP contribution in [0.15, 0.2) is 18.2 Å². The molecule has 1 fully saturated rings. The summed E-state index contributed by atoms with van der Waals surface area (Å²) in [6.07, 6.45) is 3.87. The normalized spacial score (nSPS) is 16.9. The first-order chi connectivity index (χ1) is 8.26. The third-order valence-electron chi connectivity index (χ3n) is 3.43. The van der Waals surface area contributed by atoms with Crippen molar-refractivity contribution in [3.8, 4) is 5.75 Å². The maximum Gasteiger partial charge on any atom is 0.123 e. The first kappa shape index (κ1) is 12.4. The number of methoxy groups -OCH3 is 1. The molecular weight excluding hydrogens is 210 g/mol. The lowest BCUT2D eigenvalue weighted by Crippen LogP contribution is -2.24. The third kappa shape index (κ3) is 3.01. The SMILES string of the molecule is CCCNC(c1cc(C)ccc1OC)C1CC1. The molecule has 2 rings (SSSR count). The Morgan fingerprint density at radius 2 is 2.18 bits per heavy atom. The van der Waals surface area contributed by atoms with E-state index in [1.165, 1.54) is 30.4 Å². The summed E-state index contributed by atoms with van der Waals surface area (Å²) < 4.78 is 5.50. The standard InChI is InChI=1S/C15H23NO/c1-4-9-16-15(12-6-7-12)13-10-11(2)5-8-14(13)17-3/h5,8,10,12,15-16H,4,6-7,9H2,1-3H3. The topological polar surface area (TPSA) is 21.3 Å². The molecule has 1 aromatic carbocycles. The Labute approximate surface area is 104 Å². The average Bonchev–Trinajstić information content (AvgIpc) is 3.14. The van der Waals surface area contributed by atoms with Crippen molar-refractivity contribution in [1.82, 2.24) is 5.32 Å². The fraction of sp³-hybridized carbons (Fsp3) is 0.600. The van der Waals surface area contributed by atoms with Crippen LogP contribution in [0.2, 0.25) is 0 Å². The number of nitrogens with one attached hydrogen (secondary N) is 1. The minimum atomic E-state index is 0.477. The Hall–Kier alpha value is -1.02. The average molecular weight is 233 g/mol. The van der Waals surface area contributed by atoms with Crippen LogP contribution < -0.4 is 10.1 Å². The molecule has 0 bridgehead atoms. The highest BCUT2D eigenvalue weighted by Crippen LogP contribution is 2.43. The van der Waals surface area contributed by atoms with Gasteiger partial charge in [-0.3, -0.25) is 0 Å². The van der Waals surface area contributed by atoms with Crippen molar-refractivity contribution >= 4 is 0 Å². The van der Waals surface area contributed by atoms with E-state index >= 15 is 0 Å². The molecule has 1 aliphatic carbocycles. The van der Waals surface area contributed by atoms with Gasteiger partial charge in [0, 0.05) is 11.6 Å².